The van der Waals surface area contributed by atoms with Crippen molar-refractivity contribution < 1.29 is 4.79 Å². The third-order valence-corrected chi connectivity index (χ3v) is 4.21. The van der Waals surface area contributed by atoms with Gasteiger partial charge in [0.2, 0.25) is 0 Å². The van der Waals surface area contributed by atoms with Crippen LogP contribution in [0.3, 0.4) is 0 Å². The van der Waals surface area contributed by atoms with Gasteiger partial charge in [-0.05, 0) is 37.6 Å². The van der Waals surface area contributed by atoms with E-state index in [2.05, 4.69) is 31.0 Å². The highest BCUT2D eigenvalue weighted by atomic mass is 35.5. The Morgan fingerprint density at radius 3 is 2.81 bits per heavy atom. The van der Waals surface area contributed by atoms with E-state index in [4.69, 9.17) is 11.6 Å². The Kier molecular flexibility index (Phi) is 5.87. The summed E-state index contributed by atoms with van der Waals surface area (Å²) in [6.45, 7) is 4.61. The lowest BCUT2D eigenvalue weighted by atomic mass is 10.2. The van der Waals surface area contributed by atoms with Crippen molar-refractivity contribution in [3.63, 3.8) is 0 Å². The molecule has 0 radical (unpaired) electrons. The number of halogens is 1. The molecule has 0 aliphatic rings. The summed E-state index contributed by atoms with van der Waals surface area (Å²) in [7, 11) is 0. The Labute approximate surface area is 162 Å². The zero-order valence-corrected chi connectivity index (χ0v) is 15.8. The first-order valence-electron chi connectivity index (χ1n) is 8.42. The van der Waals surface area contributed by atoms with E-state index in [0.717, 1.165) is 5.56 Å². The quantitative estimate of drug-likeness (QED) is 0.566. The largest absolute Gasteiger partial charge is 0.368 e. The van der Waals surface area contributed by atoms with Gasteiger partial charge in [-0.3, -0.25) is 0 Å². The summed E-state index contributed by atoms with van der Waals surface area (Å²) in [4.78, 5) is 20.7. The van der Waals surface area contributed by atoms with E-state index in [1.165, 1.54) is 0 Å². The molecular formula is C18H20ClN7O. The van der Waals surface area contributed by atoms with E-state index in [0.29, 0.717) is 41.3 Å². The van der Waals surface area contributed by atoms with Gasteiger partial charge in [0.25, 0.3) is 0 Å². The van der Waals surface area contributed by atoms with Crippen LogP contribution < -0.4 is 16.0 Å². The average molecular weight is 386 g/mol. The predicted octanol–water partition coefficient (Wildman–Crippen LogP) is 3.17. The number of urea groups is 1. The molecule has 27 heavy (non-hydrogen) atoms. The summed E-state index contributed by atoms with van der Waals surface area (Å²) in [5.74, 6) is 1.98. The molecule has 8 nitrogen and oxygen atoms in total. The van der Waals surface area contributed by atoms with Gasteiger partial charge < -0.3 is 16.0 Å². The fourth-order valence-electron chi connectivity index (χ4n) is 2.44. The van der Waals surface area contributed by atoms with Crippen molar-refractivity contribution in [3.05, 3.63) is 59.1 Å². The van der Waals surface area contributed by atoms with Crippen LogP contribution in [0.2, 0.25) is 5.02 Å². The molecule has 140 valence electrons. The molecular weight excluding hydrogens is 366 g/mol. The minimum absolute atomic E-state index is 0.293. The standard InChI is InChI=1S/C18H20ClN7O/c1-12-14(19)5-3-6-15(12)25-18(27)21-9-8-20-16-11-17(24-13(2)23-16)26-10-4-7-22-26/h3-7,10-11H,8-9H2,1-2H3,(H,20,23,24)(H2,21,25,27). The number of hydrogen-bond acceptors (Lipinski definition) is 5. The number of hydrogen-bond donors (Lipinski definition) is 3. The Morgan fingerprint density at radius 2 is 2.04 bits per heavy atom. The topological polar surface area (TPSA) is 96.8 Å². The third kappa shape index (κ3) is 4.95. The summed E-state index contributed by atoms with van der Waals surface area (Å²) in [6, 6.07) is 8.72. The Morgan fingerprint density at radius 1 is 1.19 bits per heavy atom. The number of carbonyl (C=O) groups excluding carboxylic acids is 1. The second kappa shape index (κ2) is 8.50. The highest BCUT2D eigenvalue weighted by Crippen LogP contribution is 2.22. The van der Waals surface area contributed by atoms with Crippen molar-refractivity contribution >= 4 is 29.1 Å². The van der Waals surface area contributed by atoms with Gasteiger partial charge in [-0.25, -0.2) is 19.4 Å². The number of rotatable bonds is 6. The van der Waals surface area contributed by atoms with Crippen LogP contribution in [-0.2, 0) is 0 Å². The van der Waals surface area contributed by atoms with Gasteiger partial charge in [0.1, 0.15) is 11.6 Å². The van der Waals surface area contributed by atoms with Crippen LogP contribution in [0.25, 0.3) is 5.82 Å². The van der Waals surface area contributed by atoms with Crippen LogP contribution in [0.4, 0.5) is 16.3 Å². The van der Waals surface area contributed by atoms with Crippen LogP contribution in [-0.4, -0.2) is 38.9 Å². The summed E-state index contributed by atoms with van der Waals surface area (Å²) < 4.78 is 1.67. The highest BCUT2D eigenvalue weighted by molar-refractivity contribution is 6.31. The van der Waals surface area contributed by atoms with Crippen molar-refractivity contribution in [1.29, 1.82) is 0 Å². The van der Waals surface area contributed by atoms with E-state index >= 15 is 0 Å². The van der Waals surface area contributed by atoms with Crippen molar-refractivity contribution in [1.82, 2.24) is 25.1 Å². The second-order valence-electron chi connectivity index (χ2n) is 5.83. The van der Waals surface area contributed by atoms with E-state index in [9.17, 15) is 4.79 Å². The SMILES string of the molecule is Cc1nc(NCCNC(=O)Nc2cccc(Cl)c2C)cc(-n2cccn2)n1. The van der Waals surface area contributed by atoms with Gasteiger partial charge in [0, 0.05) is 42.3 Å². The molecule has 2 amide bonds. The number of amides is 2. The van der Waals surface area contributed by atoms with E-state index in [1.54, 1.807) is 35.1 Å². The first-order valence-corrected chi connectivity index (χ1v) is 8.80. The molecule has 0 aliphatic carbocycles. The number of carbonyl (C=O) groups is 1. The Balaban J connectivity index is 1.50. The number of aromatic nitrogens is 4. The fraction of sp³-hybridized carbons (Fsp3) is 0.222. The number of anilines is 2. The second-order valence-corrected chi connectivity index (χ2v) is 6.24. The summed E-state index contributed by atoms with van der Waals surface area (Å²) in [5.41, 5.74) is 1.51. The average Bonchev–Trinajstić information content (AvgIpc) is 3.17. The van der Waals surface area contributed by atoms with E-state index < -0.39 is 0 Å². The lowest BCUT2D eigenvalue weighted by Gasteiger charge is -2.12. The zero-order chi connectivity index (χ0) is 19.2. The molecule has 2 heterocycles. The van der Waals surface area contributed by atoms with Crippen molar-refractivity contribution in [2.24, 2.45) is 0 Å². The monoisotopic (exact) mass is 385 g/mol. The molecule has 0 atom stereocenters. The highest BCUT2D eigenvalue weighted by Gasteiger charge is 2.07. The maximum atomic E-state index is 12.0. The molecule has 1 aromatic carbocycles. The van der Waals surface area contributed by atoms with Gasteiger partial charge >= 0.3 is 6.03 Å². The van der Waals surface area contributed by atoms with Crippen molar-refractivity contribution in [2.45, 2.75) is 13.8 Å². The molecule has 3 rings (SSSR count). The zero-order valence-electron chi connectivity index (χ0n) is 15.0. The molecule has 0 bridgehead atoms. The van der Waals surface area contributed by atoms with Gasteiger partial charge in [0.05, 0.1) is 0 Å². The van der Waals surface area contributed by atoms with Crippen LogP contribution in [0, 0.1) is 13.8 Å². The number of nitrogens with zero attached hydrogens (tertiary/aromatic N) is 4. The minimum Gasteiger partial charge on any atom is -0.368 e. The lowest BCUT2D eigenvalue weighted by molar-refractivity contribution is 0.252. The number of nitrogens with one attached hydrogen (secondary N) is 3. The Bertz CT molecular complexity index is 927. The van der Waals surface area contributed by atoms with Crippen molar-refractivity contribution in [3.8, 4) is 5.82 Å². The molecule has 2 aromatic heterocycles. The minimum atomic E-state index is -0.293. The predicted molar refractivity (Wildman–Crippen MR) is 106 cm³/mol. The maximum absolute atomic E-state index is 12.0. The first-order chi connectivity index (χ1) is 13.0. The van der Waals surface area contributed by atoms with Gasteiger partial charge in [0.15, 0.2) is 5.82 Å². The normalized spacial score (nSPS) is 10.5. The third-order valence-electron chi connectivity index (χ3n) is 3.80. The van der Waals surface area contributed by atoms with Gasteiger partial charge in [-0.15, -0.1) is 0 Å². The molecule has 9 heteroatoms. The lowest BCUT2D eigenvalue weighted by Crippen LogP contribution is -2.33. The number of aryl methyl sites for hydroxylation is 1. The fourth-order valence-corrected chi connectivity index (χ4v) is 2.61. The van der Waals surface area contributed by atoms with Crippen LogP contribution in [0.5, 0.6) is 0 Å². The van der Waals surface area contributed by atoms with Crippen LogP contribution in [0.15, 0.2) is 42.7 Å². The Hall–Kier alpha value is -3.13. The molecule has 0 spiro atoms. The summed E-state index contributed by atoms with van der Waals surface area (Å²) in [6.07, 6.45) is 3.50. The van der Waals surface area contributed by atoms with Crippen LogP contribution in [0.1, 0.15) is 11.4 Å². The van der Waals surface area contributed by atoms with E-state index in [1.807, 2.05) is 26.1 Å². The van der Waals surface area contributed by atoms with Crippen molar-refractivity contribution in [2.75, 3.05) is 23.7 Å². The summed E-state index contributed by atoms with van der Waals surface area (Å²) in [5, 5.41) is 13.5. The molecule has 0 saturated heterocycles. The van der Waals surface area contributed by atoms with Gasteiger partial charge in [-0.1, -0.05) is 17.7 Å². The molecule has 3 N–H and O–H groups in total. The molecule has 0 unspecified atom stereocenters. The van der Waals surface area contributed by atoms with Crippen LogP contribution >= 0.6 is 11.6 Å². The molecule has 3 aromatic rings. The van der Waals surface area contributed by atoms with Gasteiger partial charge in [-0.2, -0.15) is 5.10 Å². The maximum Gasteiger partial charge on any atom is 0.319 e. The molecule has 0 fully saturated rings. The first kappa shape index (κ1) is 18.7. The molecule has 0 saturated carbocycles. The van der Waals surface area contributed by atoms with E-state index in [-0.39, 0.29) is 6.03 Å². The molecule has 0 aliphatic heterocycles. The smallest absolute Gasteiger partial charge is 0.319 e. The summed E-state index contributed by atoms with van der Waals surface area (Å²) >= 11 is 6.05. The number of benzene rings is 1.